The minimum absolute atomic E-state index is 0.594. The zero-order chi connectivity index (χ0) is 14.5. The largest absolute Gasteiger partial charge is 0.0880 e. The number of hydrogen-bond donors (Lipinski definition) is 0. The van der Waals surface area contributed by atoms with Gasteiger partial charge in [-0.05, 0) is 37.5 Å². The van der Waals surface area contributed by atoms with Crippen LogP contribution in [0.1, 0.15) is 110 Å². The predicted molar refractivity (Wildman–Crippen MR) is 92.2 cm³/mol. The Morgan fingerprint density at radius 2 is 1.30 bits per heavy atom. The molecule has 0 radical (unpaired) electrons. The van der Waals surface area contributed by atoms with E-state index in [1.54, 1.807) is 0 Å². The van der Waals surface area contributed by atoms with E-state index in [0.717, 1.165) is 0 Å². The van der Waals surface area contributed by atoms with Crippen molar-refractivity contribution < 1.29 is 0 Å². The van der Waals surface area contributed by atoms with E-state index in [9.17, 15) is 0 Å². The molecule has 0 N–H and O–H groups in total. The Labute approximate surface area is 128 Å². The molecule has 1 aliphatic carbocycles. The maximum absolute atomic E-state index is 2.61. The van der Waals surface area contributed by atoms with Crippen LogP contribution in [0.5, 0.6) is 0 Å². The summed E-state index contributed by atoms with van der Waals surface area (Å²) in [4.78, 5) is 0. The highest BCUT2D eigenvalue weighted by atomic mass is 14.3. The highest BCUT2D eigenvalue weighted by Gasteiger charge is 2.27. The number of rotatable bonds is 12. The quantitative estimate of drug-likeness (QED) is 0.257. The molecule has 0 unspecified atom stereocenters. The van der Waals surface area contributed by atoms with Crippen LogP contribution >= 0.6 is 0 Å². The second-order valence-corrected chi connectivity index (χ2v) is 6.99. The van der Waals surface area contributed by atoms with Crippen LogP contribution in [0, 0.1) is 5.41 Å². The highest BCUT2D eigenvalue weighted by Crippen LogP contribution is 2.41. The summed E-state index contributed by atoms with van der Waals surface area (Å²) < 4.78 is 0. The van der Waals surface area contributed by atoms with E-state index in [-0.39, 0.29) is 0 Å². The highest BCUT2D eigenvalue weighted by molar-refractivity contribution is 5.03. The van der Waals surface area contributed by atoms with Gasteiger partial charge in [-0.15, -0.1) is 0 Å². The van der Waals surface area contributed by atoms with Gasteiger partial charge in [0.05, 0.1) is 0 Å². The third-order valence-electron chi connectivity index (χ3n) is 5.07. The molecule has 0 amide bonds. The van der Waals surface area contributed by atoms with Crippen LogP contribution in [0.15, 0.2) is 12.2 Å². The third kappa shape index (κ3) is 7.50. The van der Waals surface area contributed by atoms with Crippen molar-refractivity contribution in [1.82, 2.24) is 0 Å². The molecule has 0 spiro atoms. The minimum Gasteiger partial charge on any atom is -0.0880 e. The van der Waals surface area contributed by atoms with Crippen LogP contribution in [-0.2, 0) is 0 Å². The maximum Gasteiger partial charge on any atom is -0.0118 e. The molecule has 0 bridgehead atoms. The van der Waals surface area contributed by atoms with E-state index in [2.05, 4.69) is 26.0 Å². The molecule has 0 fully saturated rings. The lowest BCUT2D eigenvalue weighted by molar-refractivity contribution is 0.259. The Kier molecular flexibility index (Phi) is 10.1. The number of allylic oxidation sites excluding steroid dienone is 2. The molecule has 0 saturated carbocycles. The zero-order valence-corrected chi connectivity index (χ0v) is 14.3. The van der Waals surface area contributed by atoms with Crippen LogP contribution in [0.25, 0.3) is 0 Å². The first-order valence-electron chi connectivity index (χ1n) is 9.51. The van der Waals surface area contributed by atoms with Gasteiger partial charge in [-0.3, -0.25) is 0 Å². The first kappa shape index (κ1) is 17.8. The lowest BCUT2D eigenvalue weighted by Gasteiger charge is -2.34. The van der Waals surface area contributed by atoms with Crippen LogP contribution in [-0.4, -0.2) is 0 Å². The van der Waals surface area contributed by atoms with Crippen molar-refractivity contribution in [3.05, 3.63) is 12.2 Å². The maximum atomic E-state index is 2.61. The topological polar surface area (TPSA) is 0 Å². The summed E-state index contributed by atoms with van der Waals surface area (Å²) in [6.07, 6.45) is 26.5. The second kappa shape index (κ2) is 11.4. The van der Waals surface area contributed by atoms with Gasteiger partial charge in [-0.1, -0.05) is 90.2 Å². The van der Waals surface area contributed by atoms with Gasteiger partial charge < -0.3 is 0 Å². The van der Waals surface area contributed by atoms with Crippen molar-refractivity contribution in [3.8, 4) is 0 Å². The molecular formula is C20H38. The average Bonchev–Trinajstić information content (AvgIpc) is 2.48. The average molecular weight is 279 g/mol. The summed E-state index contributed by atoms with van der Waals surface area (Å²) in [5, 5.41) is 0. The number of unbranched alkanes of at least 4 members (excludes halogenated alkanes) is 8. The van der Waals surface area contributed by atoms with Crippen molar-refractivity contribution in [2.45, 2.75) is 110 Å². The molecule has 0 heteroatoms. The van der Waals surface area contributed by atoms with Crippen molar-refractivity contribution in [3.63, 3.8) is 0 Å². The second-order valence-electron chi connectivity index (χ2n) is 6.99. The zero-order valence-electron chi connectivity index (χ0n) is 14.3. The summed E-state index contributed by atoms with van der Waals surface area (Å²) in [5.41, 5.74) is 0.594. The Morgan fingerprint density at radius 3 is 1.75 bits per heavy atom. The van der Waals surface area contributed by atoms with E-state index < -0.39 is 0 Å². The fourth-order valence-electron chi connectivity index (χ4n) is 3.69. The summed E-state index contributed by atoms with van der Waals surface area (Å²) in [6, 6.07) is 0. The van der Waals surface area contributed by atoms with Crippen molar-refractivity contribution in [1.29, 1.82) is 0 Å². The molecule has 0 atom stereocenters. The standard InChI is InChI=1S/C20H38/c1-3-5-7-9-12-16-20(18-14-11-15-19-20)17-13-10-8-6-4-2/h14,18H,3-13,15-17,19H2,1-2H3. The van der Waals surface area contributed by atoms with E-state index in [0.29, 0.717) is 5.41 Å². The van der Waals surface area contributed by atoms with Gasteiger partial charge in [0, 0.05) is 0 Å². The molecular weight excluding hydrogens is 240 g/mol. The Balaban J connectivity index is 2.26. The molecule has 0 aromatic rings. The van der Waals surface area contributed by atoms with Crippen molar-refractivity contribution in [2.24, 2.45) is 5.41 Å². The predicted octanol–water partition coefficient (Wildman–Crippen LogP) is 7.43. The number of hydrogen-bond acceptors (Lipinski definition) is 0. The summed E-state index contributed by atoms with van der Waals surface area (Å²) in [6.45, 7) is 4.61. The van der Waals surface area contributed by atoms with E-state index >= 15 is 0 Å². The molecule has 118 valence electrons. The Bertz CT molecular complexity index is 224. The summed E-state index contributed by atoms with van der Waals surface area (Å²) in [7, 11) is 0. The van der Waals surface area contributed by atoms with Gasteiger partial charge in [0.2, 0.25) is 0 Å². The molecule has 0 nitrogen and oxygen atoms in total. The fraction of sp³-hybridized carbons (Fsp3) is 0.900. The third-order valence-corrected chi connectivity index (χ3v) is 5.07. The Morgan fingerprint density at radius 1 is 0.750 bits per heavy atom. The lowest BCUT2D eigenvalue weighted by Crippen LogP contribution is -2.20. The molecule has 0 aromatic heterocycles. The molecule has 1 aliphatic rings. The molecule has 0 saturated heterocycles. The molecule has 0 aliphatic heterocycles. The van der Waals surface area contributed by atoms with Gasteiger partial charge in [0.25, 0.3) is 0 Å². The van der Waals surface area contributed by atoms with E-state index in [1.165, 1.54) is 96.3 Å². The van der Waals surface area contributed by atoms with Crippen LogP contribution in [0.3, 0.4) is 0 Å². The molecule has 20 heavy (non-hydrogen) atoms. The van der Waals surface area contributed by atoms with Gasteiger partial charge in [0.15, 0.2) is 0 Å². The Hall–Kier alpha value is -0.260. The minimum atomic E-state index is 0.594. The SMILES string of the molecule is CCCCCCCC1(CCCCCCC)C=CCCC1. The first-order valence-corrected chi connectivity index (χ1v) is 9.51. The monoisotopic (exact) mass is 278 g/mol. The van der Waals surface area contributed by atoms with Crippen LogP contribution < -0.4 is 0 Å². The van der Waals surface area contributed by atoms with E-state index in [1.807, 2.05) is 0 Å². The van der Waals surface area contributed by atoms with Crippen LogP contribution in [0.2, 0.25) is 0 Å². The van der Waals surface area contributed by atoms with Gasteiger partial charge in [0.1, 0.15) is 0 Å². The molecule has 0 aromatic carbocycles. The first-order chi connectivity index (χ1) is 9.83. The molecule has 0 heterocycles. The normalized spacial score (nSPS) is 17.5. The molecule has 1 rings (SSSR count). The summed E-state index contributed by atoms with van der Waals surface area (Å²) >= 11 is 0. The summed E-state index contributed by atoms with van der Waals surface area (Å²) in [5.74, 6) is 0. The van der Waals surface area contributed by atoms with Gasteiger partial charge >= 0.3 is 0 Å². The van der Waals surface area contributed by atoms with Crippen molar-refractivity contribution >= 4 is 0 Å². The van der Waals surface area contributed by atoms with Crippen molar-refractivity contribution in [2.75, 3.05) is 0 Å². The van der Waals surface area contributed by atoms with Crippen LogP contribution in [0.4, 0.5) is 0 Å². The lowest BCUT2D eigenvalue weighted by atomic mass is 9.71. The fourth-order valence-corrected chi connectivity index (χ4v) is 3.69. The van der Waals surface area contributed by atoms with E-state index in [4.69, 9.17) is 0 Å². The van der Waals surface area contributed by atoms with Gasteiger partial charge in [-0.25, -0.2) is 0 Å². The smallest absolute Gasteiger partial charge is 0.0118 e. The van der Waals surface area contributed by atoms with Gasteiger partial charge in [-0.2, -0.15) is 0 Å².